The molecule has 3 rings (SSSR count). The molecular weight excluding hydrogens is 534 g/mol. The highest BCUT2D eigenvalue weighted by molar-refractivity contribution is 7.74. The van der Waals surface area contributed by atoms with E-state index in [1.165, 1.54) is 0 Å². The van der Waals surface area contributed by atoms with E-state index >= 15 is 0 Å². The van der Waals surface area contributed by atoms with E-state index in [2.05, 4.69) is 17.5 Å². The van der Waals surface area contributed by atoms with Crippen LogP contribution < -0.4 is 11.2 Å². The number of alkyl halides is 3. The zero-order chi connectivity index (χ0) is 25.0. The summed E-state index contributed by atoms with van der Waals surface area (Å²) in [4.78, 5) is 43.5. The molecule has 188 valence electrons. The minimum absolute atomic E-state index is 0.0719. The lowest BCUT2D eigenvalue weighted by atomic mass is 10.0. The van der Waals surface area contributed by atoms with Gasteiger partial charge in [-0.3, -0.25) is 18.9 Å². The molecule has 22 heteroatoms. The number of hydrogen-bond acceptors (Lipinski definition) is 12. The van der Waals surface area contributed by atoms with Crippen molar-refractivity contribution in [2.24, 2.45) is 0 Å². The summed E-state index contributed by atoms with van der Waals surface area (Å²) in [6.45, 7) is -2.90. The maximum absolute atomic E-state index is 12.6. The topological polar surface area (TPSA) is 233 Å². The molecule has 1 aromatic heterocycles. The van der Waals surface area contributed by atoms with Gasteiger partial charge < -0.3 is 24.7 Å². The number of aromatic amines is 1. The average molecular weight is 548 g/mol. The molecule has 3 heterocycles. The van der Waals surface area contributed by atoms with E-state index in [1.54, 1.807) is 4.98 Å². The largest absolute Gasteiger partial charge is 0.492 e. The average Bonchev–Trinajstić information content (AvgIpc) is 2.86. The normalized spacial score (nSPS) is 39.6. The zero-order valence-corrected chi connectivity index (χ0v) is 18.3. The first kappa shape index (κ1) is 26.4. The van der Waals surface area contributed by atoms with Crippen molar-refractivity contribution in [3.05, 3.63) is 32.6 Å². The Morgan fingerprint density at radius 1 is 1.06 bits per heavy atom. The van der Waals surface area contributed by atoms with Crippen molar-refractivity contribution in [1.82, 2.24) is 9.55 Å². The highest BCUT2D eigenvalue weighted by Gasteiger charge is 2.55. The molecule has 2 fully saturated rings. The van der Waals surface area contributed by atoms with Crippen LogP contribution in [0.3, 0.4) is 0 Å². The summed E-state index contributed by atoms with van der Waals surface area (Å²) in [6.07, 6.45) is -11.9. The number of hydrogen-bond donors (Lipinski definition) is 5. The standard InChI is InChI=1S/C11H14F3N2O14P3/c12-11(13,14)3-16-1-4(9(19)15-10(16)20)8-7(18)6(17)5(27-8)2-26-33(25)29-31(21,22)28-32(23,24)30-33/h1,5-8,17-18H,2-3H2,(H,21,22)(H,23,24)(H,15,19,20)/t5-,6+,7?,8+/m1/s1. The van der Waals surface area contributed by atoms with Crippen LogP contribution in [-0.4, -0.2) is 60.6 Å². The van der Waals surface area contributed by atoms with E-state index < -0.39 is 84.0 Å². The molecule has 33 heavy (non-hydrogen) atoms. The number of H-pyrrole nitrogens is 1. The summed E-state index contributed by atoms with van der Waals surface area (Å²) >= 11 is 0. The van der Waals surface area contributed by atoms with Crippen molar-refractivity contribution in [1.29, 1.82) is 0 Å². The number of nitrogens with zero attached hydrogens (tertiary/aromatic N) is 1. The lowest BCUT2D eigenvalue weighted by Gasteiger charge is -2.27. The highest BCUT2D eigenvalue weighted by Crippen LogP contribution is 2.80. The number of ether oxygens (including phenoxy) is 1. The van der Waals surface area contributed by atoms with Gasteiger partial charge in [0.15, 0.2) is 0 Å². The van der Waals surface area contributed by atoms with Crippen molar-refractivity contribution in [3.8, 4) is 0 Å². The summed E-state index contributed by atoms with van der Waals surface area (Å²) in [5.41, 5.74) is -3.36. The Hall–Kier alpha value is -1.20. The maximum atomic E-state index is 12.6. The molecule has 2 aliphatic rings. The molecular formula is C11H14F3N2O14P3. The van der Waals surface area contributed by atoms with Gasteiger partial charge >= 0.3 is 35.3 Å². The lowest BCUT2D eigenvalue weighted by Crippen LogP contribution is -2.38. The van der Waals surface area contributed by atoms with Gasteiger partial charge in [-0.05, 0) is 0 Å². The fourth-order valence-electron chi connectivity index (χ4n) is 2.82. The van der Waals surface area contributed by atoms with E-state index in [-0.39, 0.29) is 4.57 Å². The molecule has 5 N–H and O–H groups in total. The first-order chi connectivity index (χ1) is 14.9. The van der Waals surface area contributed by atoms with Gasteiger partial charge in [0, 0.05) is 6.20 Å². The smallest absolute Gasteiger partial charge is 0.387 e. The molecule has 0 aromatic carbocycles. The predicted octanol–water partition coefficient (Wildman–Crippen LogP) is -0.351. The molecule has 0 radical (unpaired) electrons. The molecule has 16 nitrogen and oxygen atoms in total. The van der Waals surface area contributed by atoms with E-state index in [4.69, 9.17) is 14.5 Å². The van der Waals surface area contributed by atoms with Gasteiger partial charge in [0.1, 0.15) is 31.0 Å². The molecule has 6 atom stereocenters. The van der Waals surface area contributed by atoms with E-state index in [9.17, 15) is 46.7 Å². The number of halogens is 3. The van der Waals surface area contributed by atoms with Gasteiger partial charge in [-0.2, -0.15) is 26.1 Å². The number of rotatable bonds is 5. The van der Waals surface area contributed by atoms with Crippen LogP contribution >= 0.6 is 23.5 Å². The summed E-state index contributed by atoms with van der Waals surface area (Å²) in [5, 5.41) is 20.2. The third-order valence-corrected chi connectivity index (χ3v) is 9.43. The summed E-state index contributed by atoms with van der Waals surface area (Å²) in [5.74, 6) is 0. The highest BCUT2D eigenvalue weighted by atomic mass is 31.3. The Morgan fingerprint density at radius 2 is 1.64 bits per heavy atom. The lowest BCUT2D eigenvalue weighted by molar-refractivity contribution is -0.141. The Morgan fingerprint density at radius 3 is 2.18 bits per heavy atom. The van der Waals surface area contributed by atoms with Crippen molar-refractivity contribution in [2.45, 2.75) is 37.1 Å². The number of aliphatic hydroxyl groups excluding tert-OH is 2. The van der Waals surface area contributed by atoms with Gasteiger partial charge in [-0.15, -0.1) is 0 Å². The molecule has 2 aliphatic heterocycles. The van der Waals surface area contributed by atoms with Crippen molar-refractivity contribution in [3.63, 3.8) is 0 Å². The Labute approximate surface area is 179 Å². The van der Waals surface area contributed by atoms with Gasteiger partial charge in [-0.25, -0.2) is 18.5 Å². The van der Waals surface area contributed by atoms with Crippen LogP contribution in [0.4, 0.5) is 13.2 Å². The van der Waals surface area contributed by atoms with Crippen molar-refractivity contribution in [2.75, 3.05) is 6.61 Å². The monoisotopic (exact) mass is 548 g/mol. The molecule has 2 saturated heterocycles. The SMILES string of the molecule is O=c1[nH]c(=O)n(CC(F)(F)F)cc1[C@@H]1O[C@H](COP2(=O)OP(=O)(O)OP(=O)(O)O2)[C@H](O)C1O. The molecule has 0 amide bonds. The van der Waals surface area contributed by atoms with Gasteiger partial charge in [0.2, 0.25) is 0 Å². The first-order valence-electron chi connectivity index (χ1n) is 8.36. The second-order valence-corrected chi connectivity index (χ2v) is 11.6. The van der Waals surface area contributed by atoms with Crippen LogP contribution in [0.1, 0.15) is 11.7 Å². The van der Waals surface area contributed by atoms with Gasteiger partial charge in [-0.1, -0.05) is 0 Å². The number of aromatic nitrogens is 2. The van der Waals surface area contributed by atoms with E-state index in [0.717, 1.165) is 0 Å². The quantitative estimate of drug-likeness (QED) is 0.296. The molecule has 0 bridgehead atoms. The van der Waals surface area contributed by atoms with E-state index in [1.807, 2.05) is 0 Å². The Kier molecular flexibility index (Phi) is 7.03. The van der Waals surface area contributed by atoms with Crippen LogP contribution in [0.5, 0.6) is 0 Å². The van der Waals surface area contributed by atoms with Crippen LogP contribution in [0, 0.1) is 0 Å². The summed E-state index contributed by atoms with van der Waals surface area (Å²) < 4.78 is 94.3. The van der Waals surface area contributed by atoms with Crippen molar-refractivity contribution >= 4 is 23.5 Å². The van der Waals surface area contributed by atoms with Crippen LogP contribution in [0.15, 0.2) is 15.8 Å². The van der Waals surface area contributed by atoms with E-state index in [0.29, 0.717) is 6.20 Å². The third-order valence-electron chi connectivity index (χ3n) is 4.07. The van der Waals surface area contributed by atoms with Crippen LogP contribution in [0.2, 0.25) is 0 Å². The second kappa shape index (κ2) is 8.78. The molecule has 0 aliphatic carbocycles. The predicted molar refractivity (Wildman–Crippen MR) is 93.5 cm³/mol. The van der Waals surface area contributed by atoms with Gasteiger partial charge in [0.25, 0.3) is 5.56 Å². The van der Waals surface area contributed by atoms with Crippen molar-refractivity contribution < 1.29 is 69.1 Å². The van der Waals surface area contributed by atoms with Crippen LogP contribution in [-0.2, 0) is 42.4 Å². The Balaban J connectivity index is 1.80. The fourth-order valence-corrected chi connectivity index (χ4v) is 7.76. The second-order valence-electron chi connectivity index (χ2n) is 6.59. The summed E-state index contributed by atoms with van der Waals surface area (Å²) in [6, 6.07) is 0. The van der Waals surface area contributed by atoms with Gasteiger partial charge in [0.05, 0.1) is 12.2 Å². The summed E-state index contributed by atoms with van der Waals surface area (Å²) in [7, 11) is -16.0. The fraction of sp³-hybridized carbons (Fsp3) is 0.636. The molecule has 3 unspecified atom stereocenters. The first-order valence-corrected chi connectivity index (χ1v) is 12.8. The third kappa shape index (κ3) is 6.28. The molecule has 1 aromatic rings. The van der Waals surface area contributed by atoms with Crippen LogP contribution in [0.25, 0.3) is 0 Å². The maximum Gasteiger partial charge on any atom is 0.492 e. The molecule has 0 saturated carbocycles. The number of phosphoric acid groups is 3. The number of aliphatic hydroxyl groups is 2. The zero-order valence-electron chi connectivity index (χ0n) is 15.6. The Bertz CT molecular complexity index is 1150. The number of nitrogens with one attached hydrogen (secondary N) is 1. The minimum atomic E-state index is -5.36. The minimum Gasteiger partial charge on any atom is -0.387 e. The molecule has 0 spiro atoms.